The van der Waals surface area contributed by atoms with E-state index in [9.17, 15) is 4.79 Å². The normalized spacial score (nSPS) is 14.9. The van der Waals surface area contributed by atoms with Crippen LogP contribution in [0.3, 0.4) is 0 Å². The molecule has 0 aliphatic heterocycles. The second-order valence-corrected chi connectivity index (χ2v) is 4.84. The van der Waals surface area contributed by atoms with Crippen molar-refractivity contribution in [2.75, 3.05) is 7.05 Å². The number of carbonyl (C=O) groups is 1. The molecule has 0 bridgehead atoms. The first kappa shape index (κ1) is 11.2. The highest BCUT2D eigenvalue weighted by Gasteiger charge is 2.29. The number of nitrogens with zero attached hydrogens (tertiary/aromatic N) is 1. The van der Waals surface area contributed by atoms with E-state index in [-0.39, 0.29) is 5.91 Å². The van der Waals surface area contributed by atoms with E-state index in [2.05, 4.69) is 32.0 Å². The van der Waals surface area contributed by atoms with E-state index in [0.29, 0.717) is 12.5 Å². The van der Waals surface area contributed by atoms with Crippen molar-refractivity contribution in [2.24, 2.45) is 0 Å². The van der Waals surface area contributed by atoms with Crippen LogP contribution in [0.5, 0.6) is 0 Å². The molecule has 2 heteroatoms. The molecule has 16 heavy (non-hydrogen) atoms. The van der Waals surface area contributed by atoms with E-state index in [4.69, 9.17) is 0 Å². The average molecular weight is 217 g/mol. The van der Waals surface area contributed by atoms with Gasteiger partial charge in [-0.2, -0.15) is 0 Å². The van der Waals surface area contributed by atoms with Crippen molar-refractivity contribution in [2.45, 2.75) is 39.2 Å². The maximum absolute atomic E-state index is 12.0. The topological polar surface area (TPSA) is 20.3 Å². The molecule has 0 heterocycles. The molecule has 0 saturated heterocycles. The van der Waals surface area contributed by atoms with E-state index in [0.717, 1.165) is 5.56 Å². The van der Waals surface area contributed by atoms with Gasteiger partial charge in [0.05, 0.1) is 6.42 Å². The molecule has 1 aliphatic carbocycles. The third-order valence-electron chi connectivity index (χ3n) is 3.33. The van der Waals surface area contributed by atoms with E-state index in [1.165, 1.54) is 24.0 Å². The van der Waals surface area contributed by atoms with Crippen LogP contribution in [-0.2, 0) is 11.2 Å². The third kappa shape index (κ3) is 2.43. The van der Waals surface area contributed by atoms with Gasteiger partial charge in [-0.15, -0.1) is 0 Å². The number of rotatable bonds is 3. The van der Waals surface area contributed by atoms with Crippen molar-refractivity contribution in [3.63, 3.8) is 0 Å². The highest BCUT2D eigenvalue weighted by Crippen LogP contribution is 2.26. The van der Waals surface area contributed by atoms with E-state index in [1.807, 2.05) is 11.9 Å². The lowest BCUT2D eigenvalue weighted by molar-refractivity contribution is -0.129. The van der Waals surface area contributed by atoms with Crippen LogP contribution in [0.25, 0.3) is 0 Å². The molecule has 0 spiro atoms. The summed E-state index contributed by atoms with van der Waals surface area (Å²) in [4.78, 5) is 13.9. The Bertz CT molecular complexity index is 407. The summed E-state index contributed by atoms with van der Waals surface area (Å²) in [5, 5.41) is 0. The Balaban J connectivity index is 2.07. The van der Waals surface area contributed by atoms with Crippen molar-refractivity contribution in [1.82, 2.24) is 4.90 Å². The predicted octanol–water partition coefficient (Wildman–Crippen LogP) is 2.47. The predicted molar refractivity (Wildman–Crippen MR) is 65.4 cm³/mol. The van der Waals surface area contributed by atoms with E-state index >= 15 is 0 Å². The Morgan fingerprint density at radius 1 is 1.38 bits per heavy atom. The summed E-state index contributed by atoms with van der Waals surface area (Å²) < 4.78 is 0. The van der Waals surface area contributed by atoms with Gasteiger partial charge in [0.1, 0.15) is 0 Å². The first-order valence-electron chi connectivity index (χ1n) is 5.89. The van der Waals surface area contributed by atoms with Crippen LogP contribution in [-0.4, -0.2) is 23.9 Å². The lowest BCUT2D eigenvalue weighted by Crippen LogP contribution is -2.30. The number of benzene rings is 1. The van der Waals surface area contributed by atoms with Crippen LogP contribution in [0.15, 0.2) is 18.2 Å². The molecule has 1 aromatic rings. The number of amides is 1. The summed E-state index contributed by atoms with van der Waals surface area (Å²) in [7, 11) is 1.92. The largest absolute Gasteiger partial charge is 0.342 e. The van der Waals surface area contributed by atoms with Crippen molar-refractivity contribution < 1.29 is 4.79 Å². The van der Waals surface area contributed by atoms with Crippen LogP contribution in [0.4, 0.5) is 0 Å². The lowest BCUT2D eigenvalue weighted by atomic mass is 10.0. The molecule has 1 amide bonds. The SMILES string of the molecule is Cc1ccc(C)c(CC(=O)N(C)C2CC2)c1. The fourth-order valence-electron chi connectivity index (χ4n) is 1.94. The van der Waals surface area contributed by atoms with Gasteiger partial charge in [-0.1, -0.05) is 23.8 Å². The van der Waals surface area contributed by atoms with Gasteiger partial charge in [0.15, 0.2) is 0 Å². The monoisotopic (exact) mass is 217 g/mol. The first-order valence-corrected chi connectivity index (χ1v) is 5.89. The Morgan fingerprint density at radius 3 is 2.69 bits per heavy atom. The maximum Gasteiger partial charge on any atom is 0.226 e. The van der Waals surface area contributed by atoms with Gasteiger partial charge in [0.25, 0.3) is 0 Å². The fraction of sp³-hybridized carbons (Fsp3) is 0.500. The molecule has 1 fully saturated rings. The Hall–Kier alpha value is -1.31. The molecule has 2 nitrogen and oxygen atoms in total. The number of carbonyl (C=O) groups excluding carboxylic acids is 1. The molecule has 0 aromatic heterocycles. The Kier molecular flexibility index (Phi) is 2.99. The van der Waals surface area contributed by atoms with Crippen LogP contribution in [0.1, 0.15) is 29.5 Å². The summed E-state index contributed by atoms with van der Waals surface area (Å²) in [6.07, 6.45) is 2.89. The smallest absolute Gasteiger partial charge is 0.226 e. The van der Waals surface area contributed by atoms with Gasteiger partial charge in [0.2, 0.25) is 5.91 Å². The number of hydrogen-bond acceptors (Lipinski definition) is 1. The Labute approximate surface area is 97.3 Å². The molecule has 1 aliphatic rings. The molecule has 86 valence electrons. The molecular formula is C14H19NO. The second-order valence-electron chi connectivity index (χ2n) is 4.84. The Morgan fingerprint density at radius 2 is 2.06 bits per heavy atom. The maximum atomic E-state index is 12.0. The van der Waals surface area contributed by atoms with Crippen molar-refractivity contribution in [3.05, 3.63) is 34.9 Å². The van der Waals surface area contributed by atoms with E-state index in [1.54, 1.807) is 0 Å². The van der Waals surface area contributed by atoms with Crippen molar-refractivity contribution in [3.8, 4) is 0 Å². The molecule has 0 radical (unpaired) electrons. The van der Waals surface area contributed by atoms with Crippen molar-refractivity contribution in [1.29, 1.82) is 0 Å². The van der Waals surface area contributed by atoms with Gasteiger partial charge in [0, 0.05) is 13.1 Å². The number of hydrogen-bond donors (Lipinski definition) is 0. The van der Waals surface area contributed by atoms with Crippen LogP contribution in [0, 0.1) is 13.8 Å². The van der Waals surface area contributed by atoms with Crippen LogP contribution >= 0.6 is 0 Å². The van der Waals surface area contributed by atoms with Gasteiger partial charge < -0.3 is 4.90 Å². The van der Waals surface area contributed by atoms with Gasteiger partial charge in [-0.25, -0.2) is 0 Å². The van der Waals surface area contributed by atoms with Crippen LogP contribution < -0.4 is 0 Å². The summed E-state index contributed by atoms with van der Waals surface area (Å²) >= 11 is 0. The minimum atomic E-state index is 0.246. The number of likely N-dealkylation sites (N-methyl/N-ethyl adjacent to an activating group) is 1. The standard InChI is InChI=1S/C14H19NO/c1-10-4-5-11(2)12(8-10)9-14(16)15(3)13-6-7-13/h4-5,8,13H,6-7,9H2,1-3H3. The van der Waals surface area contributed by atoms with Gasteiger partial charge in [-0.3, -0.25) is 4.79 Å². The zero-order chi connectivity index (χ0) is 11.7. The zero-order valence-electron chi connectivity index (χ0n) is 10.3. The second kappa shape index (κ2) is 4.28. The third-order valence-corrected chi connectivity index (χ3v) is 3.33. The fourth-order valence-corrected chi connectivity index (χ4v) is 1.94. The first-order chi connectivity index (χ1) is 7.58. The summed E-state index contributed by atoms with van der Waals surface area (Å²) in [6.45, 7) is 4.14. The molecular weight excluding hydrogens is 198 g/mol. The van der Waals surface area contributed by atoms with Gasteiger partial charge in [-0.05, 0) is 37.8 Å². The average Bonchev–Trinajstić information content (AvgIpc) is 3.06. The summed E-state index contributed by atoms with van der Waals surface area (Å²) in [6, 6.07) is 6.81. The quantitative estimate of drug-likeness (QED) is 0.761. The summed E-state index contributed by atoms with van der Waals surface area (Å²) in [5.41, 5.74) is 3.60. The highest BCUT2D eigenvalue weighted by atomic mass is 16.2. The molecule has 1 aromatic carbocycles. The number of aryl methyl sites for hydroxylation is 2. The minimum Gasteiger partial charge on any atom is -0.342 e. The van der Waals surface area contributed by atoms with Crippen LogP contribution in [0.2, 0.25) is 0 Å². The molecule has 0 N–H and O–H groups in total. The van der Waals surface area contributed by atoms with Crippen molar-refractivity contribution >= 4 is 5.91 Å². The molecule has 1 saturated carbocycles. The summed E-state index contributed by atoms with van der Waals surface area (Å²) in [5.74, 6) is 0.246. The van der Waals surface area contributed by atoms with Gasteiger partial charge >= 0.3 is 0 Å². The minimum absolute atomic E-state index is 0.246. The molecule has 0 unspecified atom stereocenters. The molecule has 0 atom stereocenters. The zero-order valence-corrected chi connectivity index (χ0v) is 10.3. The molecule has 2 rings (SSSR count). The highest BCUT2D eigenvalue weighted by molar-refractivity contribution is 5.79. The van der Waals surface area contributed by atoms with E-state index < -0.39 is 0 Å². The lowest BCUT2D eigenvalue weighted by Gasteiger charge is -2.17.